The zero-order chi connectivity index (χ0) is 23.9. The van der Waals surface area contributed by atoms with Gasteiger partial charge >= 0.3 is 5.97 Å². The fourth-order valence-electron chi connectivity index (χ4n) is 4.85. The summed E-state index contributed by atoms with van der Waals surface area (Å²) in [6, 6.07) is 20.1. The van der Waals surface area contributed by atoms with E-state index in [1.165, 1.54) is 7.11 Å². The minimum absolute atomic E-state index is 0.0485. The van der Waals surface area contributed by atoms with Crippen LogP contribution in [0.3, 0.4) is 0 Å². The molecule has 3 atom stereocenters. The van der Waals surface area contributed by atoms with Crippen molar-refractivity contribution < 1.29 is 17.9 Å². The van der Waals surface area contributed by atoms with Gasteiger partial charge in [-0.1, -0.05) is 42.0 Å². The van der Waals surface area contributed by atoms with Gasteiger partial charge in [-0.05, 0) is 72.9 Å². The molecule has 0 saturated carbocycles. The van der Waals surface area contributed by atoms with Crippen LogP contribution in [0.15, 0.2) is 83.8 Å². The number of ether oxygens (including phenoxy) is 1. The standard InChI is InChI=1S/C27H26N2O4S/c1-17-6-12-20(13-7-17)29-34(31,32)21-14-15-25-24(16-21)22-4-3-5-23(22)26(28-25)18-8-10-19(11-9-18)27(30)33-2/h3-4,6-16,22-23,26,28-29H,5H2,1-2H3/t22-,23+,26+/m0/s1. The minimum Gasteiger partial charge on any atom is -0.465 e. The van der Waals surface area contributed by atoms with Crippen LogP contribution in [0.4, 0.5) is 11.4 Å². The molecule has 0 aromatic heterocycles. The molecule has 1 aliphatic heterocycles. The van der Waals surface area contributed by atoms with E-state index in [0.717, 1.165) is 28.8 Å². The highest BCUT2D eigenvalue weighted by Gasteiger charge is 2.38. The van der Waals surface area contributed by atoms with Crippen molar-refractivity contribution in [1.29, 1.82) is 0 Å². The normalized spacial score (nSPS) is 20.7. The van der Waals surface area contributed by atoms with Gasteiger partial charge in [-0.2, -0.15) is 0 Å². The van der Waals surface area contributed by atoms with Crippen molar-refractivity contribution >= 4 is 27.4 Å². The van der Waals surface area contributed by atoms with Gasteiger partial charge in [-0.25, -0.2) is 13.2 Å². The second-order valence-electron chi connectivity index (χ2n) is 8.81. The minimum atomic E-state index is -3.72. The maximum Gasteiger partial charge on any atom is 0.337 e. The first-order valence-corrected chi connectivity index (χ1v) is 12.7. The number of hydrogen-bond donors (Lipinski definition) is 2. The Morgan fingerprint density at radius 3 is 2.47 bits per heavy atom. The van der Waals surface area contributed by atoms with Crippen molar-refractivity contribution in [2.75, 3.05) is 17.1 Å². The smallest absolute Gasteiger partial charge is 0.337 e. The Labute approximate surface area is 199 Å². The third kappa shape index (κ3) is 4.07. The van der Waals surface area contributed by atoms with Gasteiger partial charge in [0.1, 0.15) is 0 Å². The largest absolute Gasteiger partial charge is 0.465 e. The maximum absolute atomic E-state index is 13.1. The van der Waals surface area contributed by atoms with Crippen molar-refractivity contribution in [3.63, 3.8) is 0 Å². The Balaban J connectivity index is 1.44. The van der Waals surface area contributed by atoms with E-state index in [2.05, 4.69) is 22.2 Å². The molecule has 1 aliphatic carbocycles. The summed E-state index contributed by atoms with van der Waals surface area (Å²) < 4.78 is 33.6. The van der Waals surface area contributed by atoms with Gasteiger partial charge in [0.15, 0.2) is 0 Å². The lowest BCUT2D eigenvalue weighted by atomic mass is 9.77. The molecule has 0 fully saturated rings. The highest BCUT2D eigenvalue weighted by molar-refractivity contribution is 7.92. The fraction of sp³-hybridized carbons (Fsp3) is 0.222. The molecule has 34 heavy (non-hydrogen) atoms. The van der Waals surface area contributed by atoms with E-state index in [-0.39, 0.29) is 28.7 Å². The molecule has 7 heteroatoms. The zero-order valence-electron chi connectivity index (χ0n) is 19.0. The van der Waals surface area contributed by atoms with E-state index in [1.54, 1.807) is 36.4 Å². The number of allylic oxidation sites excluding steroid dienone is 2. The van der Waals surface area contributed by atoms with Gasteiger partial charge in [0, 0.05) is 17.3 Å². The lowest BCUT2D eigenvalue weighted by Crippen LogP contribution is -2.29. The number of sulfonamides is 1. The van der Waals surface area contributed by atoms with Gasteiger partial charge in [0.25, 0.3) is 10.0 Å². The number of fused-ring (bicyclic) bond motifs is 3. The van der Waals surface area contributed by atoms with E-state index in [9.17, 15) is 13.2 Å². The van der Waals surface area contributed by atoms with E-state index in [1.807, 2.05) is 37.3 Å². The summed E-state index contributed by atoms with van der Waals surface area (Å²) in [5, 5.41) is 3.61. The summed E-state index contributed by atoms with van der Waals surface area (Å²) in [5.74, 6) is -0.00237. The van der Waals surface area contributed by atoms with Crippen LogP contribution in [0, 0.1) is 12.8 Å². The van der Waals surface area contributed by atoms with E-state index >= 15 is 0 Å². The predicted octanol–water partition coefficient (Wildman–Crippen LogP) is 5.41. The monoisotopic (exact) mass is 474 g/mol. The number of esters is 1. The topological polar surface area (TPSA) is 84.5 Å². The number of hydrogen-bond acceptors (Lipinski definition) is 5. The van der Waals surface area contributed by atoms with Crippen LogP contribution in [-0.4, -0.2) is 21.5 Å². The Morgan fingerprint density at radius 2 is 1.76 bits per heavy atom. The number of carbonyl (C=O) groups excluding carboxylic acids is 1. The number of benzene rings is 3. The summed E-state index contributed by atoms with van der Waals surface area (Å²) in [5.41, 5.74) is 5.10. The number of anilines is 2. The first-order chi connectivity index (χ1) is 16.4. The van der Waals surface area contributed by atoms with E-state index in [0.29, 0.717) is 11.3 Å². The number of aryl methyl sites for hydroxylation is 1. The molecule has 0 radical (unpaired) electrons. The lowest BCUT2D eigenvalue weighted by Gasteiger charge is -2.37. The number of methoxy groups -OCH3 is 1. The molecule has 3 aromatic carbocycles. The van der Waals surface area contributed by atoms with Crippen LogP contribution in [0.2, 0.25) is 0 Å². The lowest BCUT2D eigenvalue weighted by molar-refractivity contribution is 0.0600. The van der Waals surface area contributed by atoms with Gasteiger partial charge in [0.2, 0.25) is 0 Å². The number of nitrogens with one attached hydrogen (secondary N) is 2. The molecule has 0 spiro atoms. The van der Waals surface area contributed by atoms with Gasteiger partial charge < -0.3 is 10.1 Å². The Hall–Kier alpha value is -3.58. The van der Waals surface area contributed by atoms with Crippen LogP contribution in [0.25, 0.3) is 0 Å². The van der Waals surface area contributed by atoms with Crippen molar-refractivity contribution in [3.05, 3.63) is 101 Å². The van der Waals surface area contributed by atoms with Crippen molar-refractivity contribution in [3.8, 4) is 0 Å². The molecule has 2 aliphatic rings. The molecule has 2 N–H and O–H groups in total. The van der Waals surface area contributed by atoms with Gasteiger partial charge in [0.05, 0.1) is 23.6 Å². The number of rotatable bonds is 5. The molecule has 0 unspecified atom stereocenters. The molecular formula is C27H26N2O4S. The van der Waals surface area contributed by atoms with Crippen LogP contribution in [0.5, 0.6) is 0 Å². The van der Waals surface area contributed by atoms with E-state index in [4.69, 9.17) is 4.74 Å². The molecule has 0 saturated heterocycles. The molecule has 1 heterocycles. The van der Waals surface area contributed by atoms with Crippen molar-refractivity contribution in [1.82, 2.24) is 0 Å². The second-order valence-corrected chi connectivity index (χ2v) is 10.5. The first kappa shape index (κ1) is 22.2. The Bertz CT molecular complexity index is 1360. The van der Waals surface area contributed by atoms with Crippen LogP contribution in [0.1, 0.15) is 45.4 Å². The molecule has 3 aromatic rings. The quantitative estimate of drug-likeness (QED) is 0.382. The third-order valence-corrected chi connectivity index (χ3v) is 8.02. The Morgan fingerprint density at radius 1 is 1.03 bits per heavy atom. The van der Waals surface area contributed by atoms with Crippen molar-refractivity contribution in [2.45, 2.75) is 30.2 Å². The summed E-state index contributed by atoms with van der Waals surface area (Å²) in [6.45, 7) is 1.96. The van der Waals surface area contributed by atoms with Crippen LogP contribution < -0.4 is 10.0 Å². The SMILES string of the molecule is COC(=O)c1ccc([C@H]2Nc3ccc(S(=O)(=O)Nc4ccc(C)cc4)cc3[C@H]3C=CC[C@H]32)cc1. The highest BCUT2D eigenvalue weighted by atomic mass is 32.2. The fourth-order valence-corrected chi connectivity index (χ4v) is 5.94. The van der Waals surface area contributed by atoms with Crippen LogP contribution >= 0.6 is 0 Å². The molecule has 6 nitrogen and oxygen atoms in total. The predicted molar refractivity (Wildman–Crippen MR) is 133 cm³/mol. The molecule has 0 amide bonds. The summed E-state index contributed by atoms with van der Waals surface area (Å²) in [4.78, 5) is 12.0. The van der Waals surface area contributed by atoms with Crippen LogP contribution in [-0.2, 0) is 14.8 Å². The average Bonchev–Trinajstić information content (AvgIpc) is 3.34. The first-order valence-electron chi connectivity index (χ1n) is 11.2. The second kappa shape index (κ2) is 8.65. The maximum atomic E-state index is 13.1. The third-order valence-electron chi connectivity index (χ3n) is 6.64. The summed E-state index contributed by atoms with van der Waals surface area (Å²) in [7, 11) is -2.34. The van der Waals surface area contributed by atoms with E-state index < -0.39 is 10.0 Å². The summed E-state index contributed by atoms with van der Waals surface area (Å²) >= 11 is 0. The van der Waals surface area contributed by atoms with Gasteiger partial charge in [-0.3, -0.25) is 4.72 Å². The molecule has 0 bridgehead atoms. The molecule has 5 rings (SSSR count). The highest BCUT2D eigenvalue weighted by Crippen LogP contribution is 2.50. The Kier molecular flexibility index (Phi) is 5.65. The van der Waals surface area contributed by atoms with Gasteiger partial charge in [-0.15, -0.1) is 0 Å². The number of carbonyl (C=O) groups is 1. The summed E-state index contributed by atoms with van der Waals surface area (Å²) in [6.07, 6.45) is 5.22. The average molecular weight is 475 g/mol. The molecular weight excluding hydrogens is 448 g/mol. The zero-order valence-corrected chi connectivity index (χ0v) is 19.8. The van der Waals surface area contributed by atoms with Crippen molar-refractivity contribution in [2.24, 2.45) is 5.92 Å². The molecule has 174 valence electrons.